The van der Waals surface area contributed by atoms with Gasteiger partial charge in [-0.15, -0.1) is 0 Å². The van der Waals surface area contributed by atoms with Crippen molar-refractivity contribution in [3.8, 4) is 16.9 Å². The minimum atomic E-state index is -0.0358. The van der Waals surface area contributed by atoms with E-state index in [9.17, 15) is 4.79 Å². The van der Waals surface area contributed by atoms with Gasteiger partial charge in [-0.25, -0.2) is 0 Å². The third-order valence-corrected chi connectivity index (χ3v) is 4.91. The summed E-state index contributed by atoms with van der Waals surface area (Å²) in [5.74, 6) is 0.809. The van der Waals surface area contributed by atoms with Crippen molar-refractivity contribution in [3.63, 3.8) is 0 Å². The van der Waals surface area contributed by atoms with Crippen LogP contribution in [0.1, 0.15) is 28.5 Å². The van der Waals surface area contributed by atoms with Gasteiger partial charge in [0, 0.05) is 36.8 Å². The zero-order valence-corrected chi connectivity index (χ0v) is 15.7. The fourth-order valence-electron chi connectivity index (χ4n) is 3.43. The van der Waals surface area contributed by atoms with Crippen molar-refractivity contribution in [2.75, 3.05) is 6.61 Å². The first-order valence-electron chi connectivity index (χ1n) is 9.00. The SMILES string of the molecule is Cc1nn(C)cc1C(=O)N1Cc2cc(-c3cccnc3)ccc2OC[C@@H]1C. The Hall–Kier alpha value is -3.15. The lowest BCUT2D eigenvalue weighted by molar-refractivity contribution is 0.0644. The predicted octanol–water partition coefficient (Wildman–Crippen LogP) is 3.21. The second kappa shape index (κ2) is 6.87. The van der Waals surface area contributed by atoms with Gasteiger partial charge in [-0.05, 0) is 37.6 Å². The van der Waals surface area contributed by atoms with Gasteiger partial charge in [0.1, 0.15) is 12.4 Å². The predicted molar refractivity (Wildman–Crippen MR) is 102 cm³/mol. The van der Waals surface area contributed by atoms with Crippen LogP contribution in [0.2, 0.25) is 0 Å². The molecule has 138 valence electrons. The summed E-state index contributed by atoms with van der Waals surface area (Å²) in [5.41, 5.74) is 4.47. The summed E-state index contributed by atoms with van der Waals surface area (Å²) < 4.78 is 7.65. The van der Waals surface area contributed by atoms with Gasteiger partial charge in [0.25, 0.3) is 5.91 Å². The monoisotopic (exact) mass is 362 g/mol. The molecule has 1 aliphatic heterocycles. The van der Waals surface area contributed by atoms with Crippen LogP contribution in [-0.2, 0) is 13.6 Å². The van der Waals surface area contributed by atoms with Crippen LogP contribution in [0.3, 0.4) is 0 Å². The molecule has 0 aliphatic carbocycles. The molecule has 6 heteroatoms. The smallest absolute Gasteiger partial charge is 0.257 e. The molecule has 0 N–H and O–H groups in total. The third kappa shape index (κ3) is 3.30. The summed E-state index contributed by atoms with van der Waals surface area (Å²) in [4.78, 5) is 19.2. The van der Waals surface area contributed by atoms with E-state index in [0.717, 1.165) is 28.1 Å². The number of rotatable bonds is 2. The molecule has 6 nitrogen and oxygen atoms in total. The van der Waals surface area contributed by atoms with Gasteiger partial charge in [0.05, 0.1) is 23.8 Å². The molecule has 0 fully saturated rings. The lowest BCUT2D eigenvalue weighted by Gasteiger charge is -2.26. The van der Waals surface area contributed by atoms with E-state index in [1.54, 1.807) is 17.1 Å². The molecule has 0 unspecified atom stereocenters. The lowest BCUT2D eigenvalue weighted by atomic mass is 10.0. The van der Waals surface area contributed by atoms with Crippen LogP contribution < -0.4 is 4.74 Å². The molecule has 1 atom stereocenters. The highest BCUT2D eigenvalue weighted by Crippen LogP contribution is 2.31. The van der Waals surface area contributed by atoms with Crippen molar-refractivity contribution in [1.82, 2.24) is 19.7 Å². The Morgan fingerprint density at radius 3 is 2.81 bits per heavy atom. The number of aromatic nitrogens is 3. The van der Waals surface area contributed by atoms with E-state index in [-0.39, 0.29) is 11.9 Å². The number of benzene rings is 1. The van der Waals surface area contributed by atoms with Crippen LogP contribution in [0.15, 0.2) is 48.9 Å². The Morgan fingerprint density at radius 1 is 1.26 bits per heavy atom. The van der Waals surface area contributed by atoms with Crippen LogP contribution in [0, 0.1) is 6.92 Å². The molecule has 3 heterocycles. The normalized spacial score (nSPS) is 16.4. The van der Waals surface area contributed by atoms with E-state index in [1.807, 2.05) is 56.3 Å². The minimum Gasteiger partial charge on any atom is -0.491 e. The standard InChI is InChI=1S/C21H22N4O2/c1-14-13-27-20-7-6-16(17-5-4-8-22-10-17)9-18(20)11-25(14)21(26)19-12-24(3)23-15(19)2/h4-10,12,14H,11,13H2,1-3H3/t14-/m0/s1. The third-order valence-electron chi connectivity index (χ3n) is 4.91. The fraction of sp³-hybridized carbons (Fsp3) is 0.286. The average molecular weight is 362 g/mol. The fourth-order valence-corrected chi connectivity index (χ4v) is 3.43. The molecule has 3 aromatic rings. The van der Waals surface area contributed by atoms with Gasteiger partial charge >= 0.3 is 0 Å². The van der Waals surface area contributed by atoms with Crippen LogP contribution in [0.4, 0.5) is 0 Å². The summed E-state index contributed by atoms with van der Waals surface area (Å²) in [6.45, 7) is 4.83. The van der Waals surface area contributed by atoms with E-state index in [1.165, 1.54) is 0 Å². The first-order valence-corrected chi connectivity index (χ1v) is 9.00. The molecule has 0 bridgehead atoms. The first-order chi connectivity index (χ1) is 13.0. The van der Waals surface area contributed by atoms with Crippen molar-refractivity contribution in [3.05, 3.63) is 65.7 Å². The Bertz CT molecular complexity index is 981. The quantitative estimate of drug-likeness (QED) is 0.702. The summed E-state index contributed by atoms with van der Waals surface area (Å²) in [6.07, 6.45) is 5.38. The number of pyridine rings is 1. The minimum absolute atomic E-state index is 0.0173. The van der Waals surface area contributed by atoms with Crippen molar-refractivity contribution in [2.24, 2.45) is 7.05 Å². The highest BCUT2D eigenvalue weighted by atomic mass is 16.5. The second-order valence-corrected chi connectivity index (χ2v) is 6.96. The maximum Gasteiger partial charge on any atom is 0.257 e. The van der Waals surface area contributed by atoms with Crippen molar-refractivity contribution >= 4 is 5.91 Å². The first kappa shape index (κ1) is 17.3. The molecule has 0 spiro atoms. The molecule has 0 saturated carbocycles. The highest BCUT2D eigenvalue weighted by Gasteiger charge is 2.28. The molecule has 2 aromatic heterocycles. The Morgan fingerprint density at radius 2 is 2.11 bits per heavy atom. The second-order valence-electron chi connectivity index (χ2n) is 6.96. The summed E-state index contributed by atoms with van der Waals surface area (Å²) in [6, 6.07) is 10.0. The van der Waals surface area contributed by atoms with Crippen molar-refractivity contribution in [1.29, 1.82) is 0 Å². The van der Waals surface area contributed by atoms with E-state index in [2.05, 4.69) is 16.1 Å². The van der Waals surface area contributed by atoms with Crippen LogP contribution in [-0.4, -0.2) is 38.2 Å². The van der Waals surface area contributed by atoms with E-state index < -0.39 is 0 Å². The molecular formula is C21H22N4O2. The Balaban J connectivity index is 1.69. The molecule has 0 saturated heterocycles. The largest absolute Gasteiger partial charge is 0.491 e. The van der Waals surface area contributed by atoms with Gasteiger partial charge in [-0.1, -0.05) is 12.1 Å². The van der Waals surface area contributed by atoms with E-state index in [4.69, 9.17) is 4.74 Å². The van der Waals surface area contributed by atoms with Gasteiger partial charge < -0.3 is 9.64 Å². The van der Waals surface area contributed by atoms with E-state index in [0.29, 0.717) is 18.7 Å². The zero-order chi connectivity index (χ0) is 19.0. The number of hydrogen-bond acceptors (Lipinski definition) is 4. The summed E-state index contributed by atoms with van der Waals surface area (Å²) >= 11 is 0. The number of nitrogens with zero attached hydrogens (tertiary/aromatic N) is 4. The number of ether oxygens (including phenoxy) is 1. The number of aryl methyl sites for hydroxylation is 2. The Labute approximate surface area is 158 Å². The molecular weight excluding hydrogens is 340 g/mol. The number of fused-ring (bicyclic) bond motifs is 1. The average Bonchev–Trinajstić information content (AvgIpc) is 2.92. The molecule has 1 aromatic carbocycles. The molecule has 0 radical (unpaired) electrons. The number of carbonyl (C=O) groups excluding carboxylic acids is 1. The number of amides is 1. The lowest BCUT2D eigenvalue weighted by Crippen LogP contribution is -2.40. The topological polar surface area (TPSA) is 60.2 Å². The maximum atomic E-state index is 13.2. The van der Waals surface area contributed by atoms with Gasteiger partial charge in [0.15, 0.2) is 0 Å². The number of carbonyl (C=O) groups is 1. The maximum absolute atomic E-state index is 13.2. The van der Waals surface area contributed by atoms with Crippen molar-refractivity contribution < 1.29 is 9.53 Å². The van der Waals surface area contributed by atoms with Crippen molar-refractivity contribution in [2.45, 2.75) is 26.4 Å². The van der Waals surface area contributed by atoms with Gasteiger partial charge in [-0.2, -0.15) is 5.10 Å². The highest BCUT2D eigenvalue weighted by molar-refractivity contribution is 5.95. The summed E-state index contributed by atoms with van der Waals surface area (Å²) in [5, 5.41) is 4.30. The Kier molecular flexibility index (Phi) is 4.39. The van der Waals surface area contributed by atoms with E-state index >= 15 is 0 Å². The van der Waals surface area contributed by atoms with Crippen LogP contribution in [0.5, 0.6) is 5.75 Å². The summed E-state index contributed by atoms with van der Waals surface area (Å²) in [7, 11) is 1.83. The van der Waals surface area contributed by atoms with Crippen LogP contribution in [0.25, 0.3) is 11.1 Å². The number of hydrogen-bond donors (Lipinski definition) is 0. The van der Waals surface area contributed by atoms with Gasteiger partial charge in [0.2, 0.25) is 0 Å². The van der Waals surface area contributed by atoms with Gasteiger partial charge in [-0.3, -0.25) is 14.5 Å². The zero-order valence-electron chi connectivity index (χ0n) is 15.7. The van der Waals surface area contributed by atoms with Crippen LogP contribution >= 0.6 is 0 Å². The molecule has 27 heavy (non-hydrogen) atoms. The molecule has 1 amide bonds. The molecule has 4 rings (SSSR count). The molecule has 1 aliphatic rings.